The second-order valence-corrected chi connectivity index (χ2v) is 6.96. The lowest BCUT2D eigenvalue weighted by Gasteiger charge is -2.34. The van der Waals surface area contributed by atoms with Crippen LogP contribution in [0.2, 0.25) is 0 Å². The van der Waals surface area contributed by atoms with Gasteiger partial charge in [-0.25, -0.2) is 0 Å². The van der Waals surface area contributed by atoms with Gasteiger partial charge in [-0.2, -0.15) is 10.2 Å². The number of hydrogen-bond acceptors (Lipinski definition) is 4. The number of carbonyl (C=O) groups excluding carboxylic acids is 1. The number of carbonyl (C=O) groups is 1. The predicted octanol–water partition coefficient (Wildman–Crippen LogP) is 1.99. The Morgan fingerprint density at radius 1 is 1.15 bits per heavy atom. The van der Waals surface area contributed by atoms with Gasteiger partial charge in [0.1, 0.15) is 5.69 Å². The smallest absolute Gasteiger partial charge is 0.269 e. The zero-order valence-corrected chi connectivity index (χ0v) is 15.5. The van der Waals surface area contributed by atoms with Crippen LogP contribution in [0.5, 0.6) is 0 Å². The minimum atomic E-state index is -0.0901. The Morgan fingerprint density at radius 2 is 1.96 bits per heavy atom. The van der Waals surface area contributed by atoms with E-state index in [1.165, 1.54) is 11.3 Å². The van der Waals surface area contributed by atoms with Crippen molar-refractivity contribution in [3.05, 3.63) is 71.8 Å². The molecular weight excluding hydrogens is 340 g/mol. The summed E-state index contributed by atoms with van der Waals surface area (Å²) in [5.41, 5.74) is 3.11. The summed E-state index contributed by atoms with van der Waals surface area (Å²) >= 11 is 0. The molecule has 7 nitrogen and oxygen atoms in total. The van der Waals surface area contributed by atoms with E-state index in [-0.39, 0.29) is 11.9 Å². The third-order valence-corrected chi connectivity index (χ3v) is 5.02. The second-order valence-electron chi connectivity index (χ2n) is 6.96. The van der Waals surface area contributed by atoms with Crippen molar-refractivity contribution in [3.8, 4) is 0 Å². The van der Waals surface area contributed by atoms with Crippen molar-refractivity contribution in [2.24, 2.45) is 7.05 Å². The van der Waals surface area contributed by atoms with Crippen LogP contribution in [-0.4, -0.2) is 43.5 Å². The van der Waals surface area contributed by atoms with Crippen molar-refractivity contribution in [1.29, 1.82) is 0 Å². The summed E-state index contributed by atoms with van der Waals surface area (Å²) in [6.07, 6.45) is 4.33. The fourth-order valence-electron chi connectivity index (χ4n) is 3.68. The van der Waals surface area contributed by atoms with Crippen LogP contribution in [0.4, 0.5) is 0 Å². The van der Waals surface area contributed by atoms with Gasteiger partial charge >= 0.3 is 0 Å². The van der Waals surface area contributed by atoms with Crippen molar-refractivity contribution < 1.29 is 4.79 Å². The molecule has 1 aromatic carbocycles. The molecular formula is C20H24N6O. The van der Waals surface area contributed by atoms with Crippen LogP contribution in [0.25, 0.3) is 0 Å². The van der Waals surface area contributed by atoms with Gasteiger partial charge in [0.2, 0.25) is 0 Å². The van der Waals surface area contributed by atoms with Crippen molar-refractivity contribution in [3.63, 3.8) is 0 Å². The van der Waals surface area contributed by atoms with E-state index in [9.17, 15) is 4.79 Å². The van der Waals surface area contributed by atoms with E-state index in [1.807, 2.05) is 12.3 Å². The Labute approximate surface area is 158 Å². The highest BCUT2D eigenvalue weighted by molar-refractivity contribution is 5.92. The molecule has 0 unspecified atom stereocenters. The quantitative estimate of drug-likeness (QED) is 0.726. The van der Waals surface area contributed by atoms with Gasteiger partial charge in [0.15, 0.2) is 0 Å². The number of amides is 1. The molecule has 27 heavy (non-hydrogen) atoms. The molecule has 0 fully saturated rings. The van der Waals surface area contributed by atoms with Gasteiger partial charge in [0, 0.05) is 45.6 Å². The van der Waals surface area contributed by atoms with Gasteiger partial charge in [-0.1, -0.05) is 30.3 Å². The third-order valence-electron chi connectivity index (χ3n) is 5.02. The summed E-state index contributed by atoms with van der Waals surface area (Å²) in [5, 5.41) is 11.5. The van der Waals surface area contributed by atoms with E-state index >= 15 is 0 Å². The zero-order chi connectivity index (χ0) is 18.6. The molecule has 140 valence electrons. The standard InChI is InChI=1S/C20H24N6O/c1-24-19(9-12-22-24)20(27)21-10-7-17-14-25(13-16-5-3-2-4-6-16)15-18-8-11-23-26(17)18/h2-6,8-9,11-12,17H,7,10,13-15H2,1H3,(H,21,27)/t17-/m0/s1. The molecule has 4 rings (SSSR count). The van der Waals surface area contributed by atoms with Crippen LogP contribution in [0.15, 0.2) is 54.9 Å². The highest BCUT2D eigenvalue weighted by Crippen LogP contribution is 2.24. The number of aryl methyl sites for hydroxylation is 1. The van der Waals surface area contributed by atoms with Gasteiger partial charge in [-0.05, 0) is 24.1 Å². The molecule has 3 aromatic rings. The summed E-state index contributed by atoms with van der Waals surface area (Å²) in [4.78, 5) is 14.7. The number of aromatic nitrogens is 4. The topological polar surface area (TPSA) is 68.0 Å². The number of nitrogens with zero attached hydrogens (tertiary/aromatic N) is 5. The lowest BCUT2D eigenvalue weighted by molar-refractivity contribution is 0.0937. The molecule has 1 amide bonds. The molecule has 0 radical (unpaired) electrons. The predicted molar refractivity (Wildman–Crippen MR) is 102 cm³/mol. The average Bonchev–Trinajstić information content (AvgIpc) is 3.31. The lowest BCUT2D eigenvalue weighted by Crippen LogP contribution is -2.39. The molecule has 0 bridgehead atoms. The minimum Gasteiger partial charge on any atom is -0.351 e. The van der Waals surface area contributed by atoms with Crippen LogP contribution >= 0.6 is 0 Å². The van der Waals surface area contributed by atoms with E-state index in [4.69, 9.17) is 0 Å². The first-order chi connectivity index (χ1) is 13.2. The number of rotatable bonds is 6. The molecule has 1 N–H and O–H groups in total. The van der Waals surface area contributed by atoms with Crippen LogP contribution < -0.4 is 5.32 Å². The number of hydrogen-bond donors (Lipinski definition) is 1. The van der Waals surface area contributed by atoms with E-state index in [1.54, 1.807) is 24.0 Å². The molecule has 7 heteroatoms. The lowest BCUT2D eigenvalue weighted by atomic mass is 10.1. The Balaban J connectivity index is 1.38. The van der Waals surface area contributed by atoms with Gasteiger partial charge in [-0.3, -0.25) is 19.1 Å². The highest BCUT2D eigenvalue weighted by Gasteiger charge is 2.25. The SMILES string of the molecule is Cn1nccc1C(=O)NCC[C@H]1CN(Cc2ccccc2)Cc2ccnn21. The van der Waals surface area contributed by atoms with E-state index in [0.717, 1.165) is 26.1 Å². The van der Waals surface area contributed by atoms with Crippen LogP contribution in [0.1, 0.15) is 34.2 Å². The van der Waals surface area contributed by atoms with Crippen LogP contribution in [-0.2, 0) is 20.1 Å². The van der Waals surface area contributed by atoms with Gasteiger partial charge in [-0.15, -0.1) is 0 Å². The normalized spacial score (nSPS) is 16.9. The molecule has 0 saturated carbocycles. The molecule has 1 aliphatic heterocycles. The molecule has 1 atom stereocenters. The summed E-state index contributed by atoms with van der Waals surface area (Å²) in [7, 11) is 1.77. The largest absolute Gasteiger partial charge is 0.351 e. The number of nitrogens with one attached hydrogen (secondary N) is 1. The molecule has 3 heterocycles. The van der Waals surface area contributed by atoms with Crippen LogP contribution in [0.3, 0.4) is 0 Å². The average molecular weight is 364 g/mol. The first-order valence-electron chi connectivity index (χ1n) is 9.25. The van der Waals surface area contributed by atoms with Gasteiger partial charge < -0.3 is 5.32 Å². The Kier molecular flexibility index (Phi) is 5.02. The van der Waals surface area contributed by atoms with E-state index in [2.05, 4.69) is 55.4 Å². The number of fused-ring (bicyclic) bond motifs is 1. The summed E-state index contributed by atoms with van der Waals surface area (Å²) in [6.45, 7) is 3.34. The van der Waals surface area contributed by atoms with Gasteiger partial charge in [0.25, 0.3) is 5.91 Å². The maximum Gasteiger partial charge on any atom is 0.269 e. The highest BCUT2D eigenvalue weighted by atomic mass is 16.2. The first kappa shape index (κ1) is 17.5. The molecule has 0 aliphatic carbocycles. The molecule has 1 aliphatic rings. The Morgan fingerprint density at radius 3 is 2.74 bits per heavy atom. The monoisotopic (exact) mass is 364 g/mol. The fourth-order valence-corrected chi connectivity index (χ4v) is 3.68. The molecule has 2 aromatic heterocycles. The zero-order valence-electron chi connectivity index (χ0n) is 15.5. The summed E-state index contributed by atoms with van der Waals surface area (Å²) in [5.74, 6) is -0.0901. The first-order valence-corrected chi connectivity index (χ1v) is 9.25. The summed E-state index contributed by atoms with van der Waals surface area (Å²) < 4.78 is 3.70. The van der Waals surface area contributed by atoms with Crippen molar-refractivity contribution in [1.82, 2.24) is 29.8 Å². The van der Waals surface area contributed by atoms with Crippen molar-refractivity contribution in [2.45, 2.75) is 25.6 Å². The maximum absolute atomic E-state index is 12.3. The molecule has 0 spiro atoms. The maximum atomic E-state index is 12.3. The van der Waals surface area contributed by atoms with Gasteiger partial charge in [0.05, 0.1) is 11.7 Å². The Hall–Kier alpha value is -2.93. The van der Waals surface area contributed by atoms with Crippen molar-refractivity contribution in [2.75, 3.05) is 13.1 Å². The van der Waals surface area contributed by atoms with E-state index in [0.29, 0.717) is 12.2 Å². The number of benzene rings is 1. The van der Waals surface area contributed by atoms with E-state index < -0.39 is 0 Å². The second kappa shape index (κ2) is 7.75. The fraction of sp³-hybridized carbons (Fsp3) is 0.350. The summed E-state index contributed by atoms with van der Waals surface area (Å²) in [6, 6.07) is 14.6. The Bertz CT molecular complexity index is 900. The third kappa shape index (κ3) is 3.93. The molecule has 0 saturated heterocycles. The van der Waals surface area contributed by atoms with Crippen LogP contribution in [0, 0.1) is 0 Å². The minimum absolute atomic E-state index is 0.0901. The van der Waals surface area contributed by atoms with Crippen molar-refractivity contribution >= 4 is 5.91 Å².